The summed E-state index contributed by atoms with van der Waals surface area (Å²) in [6.07, 6.45) is 6.09. The minimum Gasteiger partial charge on any atom is -0.461 e. The van der Waals surface area contributed by atoms with Gasteiger partial charge in [0.05, 0.1) is 6.10 Å². The van der Waals surface area contributed by atoms with Crippen molar-refractivity contribution in [1.82, 2.24) is 24.5 Å². The molecule has 0 saturated carbocycles. The van der Waals surface area contributed by atoms with E-state index in [0.29, 0.717) is 17.9 Å². The molecule has 2 rings (SSSR count). The fraction of sp³-hybridized carbons (Fsp3) is 0.500. The van der Waals surface area contributed by atoms with Gasteiger partial charge in [0, 0.05) is 18.9 Å². The van der Waals surface area contributed by atoms with Gasteiger partial charge in [0.25, 0.3) is 0 Å². The van der Waals surface area contributed by atoms with E-state index < -0.39 is 0 Å². The maximum Gasteiger partial charge on any atom is 0.323 e. The van der Waals surface area contributed by atoms with Gasteiger partial charge in [-0.15, -0.1) is 0 Å². The summed E-state index contributed by atoms with van der Waals surface area (Å²) in [6, 6.07) is 0.312. The van der Waals surface area contributed by atoms with Crippen molar-refractivity contribution in [2.45, 2.75) is 33.3 Å². The summed E-state index contributed by atoms with van der Waals surface area (Å²) in [5.74, 6) is 0.998. The topological polar surface area (TPSA) is 77.8 Å². The zero-order valence-electron chi connectivity index (χ0n) is 11.4. The molecule has 0 aliphatic rings. The zero-order chi connectivity index (χ0) is 13.7. The summed E-state index contributed by atoms with van der Waals surface area (Å²) >= 11 is 0. The van der Waals surface area contributed by atoms with Gasteiger partial charge in [-0.2, -0.15) is 15.0 Å². The number of aromatic nitrogens is 5. The Morgan fingerprint density at radius 2 is 2.16 bits per heavy atom. The molecule has 0 atom stereocenters. The lowest BCUT2D eigenvalue weighted by Gasteiger charge is -2.11. The summed E-state index contributed by atoms with van der Waals surface area (Å²) in [7, 11) is 0. The number of rotatable bonds is 6. The van der Waals surface area contributed by atoms with Crippen molar-refractivity contribution in [2.75, 3.05) is 11.9 Å². The van der Waals surface area contributed by atoms with Crippen LogP contribution in [-0.4, -0.2) is 37.2 Å². The second-order valence-electron chi connectivity index (χ2n) is 4.30. The lowest BCUT2D eigenvalue weighted by Crippen LogP contribution is -2.14. The van der Waals surface area contributed by atoms with Crippen molar-refractivity contribution in [3.63, 3.8) is 0 Å². The van der Waals surface area contributed by atoms with E-state index in [1.807, 2.05) is 13.8 Å². The monoisotopic (exact) mass is 262 g/mol. The summed E-state index contributed by atoms with van der Waals surface area (Å²) < 4.78 is 7.25. The summed E-state index contributed by atoms with van der Waals surface area (Å²) in [5, 5.41) is 3.13. The summed E-state index contributed by atoms with van der Waals surface area (Å²) in [4.78, 5) is 16.8. The molecule has 0 radical (unpaired) electrons. The molecule has 102 valence electrons. The molecule has 0 spiro atoms. The van der Waals surface area contributed by atoms with Crippen molar-refractivity contribution in [3.8, 4) is 12.0 Å². The van der Waals surface area contributed by atoms with Crippen LogP contribution in [0.25, 0.3) is 5.95 Å². The van der Waals surface area contributed by atoms with Gasteiger partial charge in [-0.05, 0) is 20.3 Å². The second kappa shape index (κ2) is 6.12. The number of imidazole rings is 1. The smallest absolute Gasteiger partial charge is 0.323 e. The molecule has 19 heavy (non-hydrogen) atoms. The van der Waals surface area contributed by atoms with Gasteiger partial charge in [-0.1, -0.05) is 6.92 Å². The molecule has 7 nitrogen and oxygen atoms in total. The van der Waals surface area contributed by atoms with E-state index in [4.69, 9.17) is 4.74 Å². The SMILES string of the molecule is CCCNc1nc(OC(C)C)nc(-n2ccnc2)n1. The number of nitrogens with zero attached hydrogens (tertiary/aromatic N) is 5. The maximum atomic E-state index is 5.54. The van der Waals surface area contributed by atoms with Gasteiger partial charge in [0.2, 0.25) is 11.9 Å². The highest BCUT2D eigenvalue weighted by Gasteiger charge is 2.09. The Labute approximate surface area is 112 Å². The van der Waals surface area contributed by atoms with E-state index in [1.165, 1.54) is 0 Å². The predicted octanol–water partition coefficient (Wildman–Crippen LogP) is 1.67. The molecule has 0 aromatic carbocycles. The van der Waals surface area contributed by atoms with Crippen LogP contribution >= 0.6 is 0 Å². The van der Waals surface area contributed by atoms with Gasteiger partial charge in [0.1, 0.15) is 6.33 Å². The van der Waals surface area contributed by atoms with E-state index in [-0.39, 0.29) is 6.10 Å². The zero-order valence-corrected chi connectivity index (χ0v) is 11.4. The van der Waals surface area contributed by atoms with Crippen LogP contribution in [0.3, 0.4) is 0 Å². The first-order chi connectivity index (χ1) is 9.19. The Bertz CT molecular complexity index is 511. The van der Waals surface area contributed by atoms with Crippen LogP contribution in [-0.2, 0) is 0 Å². The van der Waals surface area contributed by atoms with Crippen LogP contribution in [0.5, 0.6) is 6.01 Å². The van der Waals surface area contributed by atoms with Gasteiger partial charge in [-0.3, -0.25) is 4.57 Å². The molecular weight excluding hydrogens is 244 g/mol. The molecular formula is C12H18N6O. The Balaban J connectivity index is 2.31. The fourth-order valence-electron chi connectivity index (χ4n) is 1.42. The number of ether oxygens (including phenoxy) is 1. The Morgan fingerprint density at radius 1 is 1.32 bits per heavy atom. The highest BCUT2D eigenvalue weighted by molar-refractivity contribution is 5.30. The maximum absolute atomic E-state index is 5.54. The molecule has 2 heterocycles. The molecule has 2 aromatic heterocycles. The minimum atomic E-state index is 0.0112. The Morgan fingerprint density at radius 3 is 2.79 bits per heavy atom. The van der Waals surface area contributed by atoms with Crippen LogP contribution in [0, 0.1) is 0 Å². The summed E-state index contributed by atoms with van der Waals surface area (Å²) in [6.45, 7) is 6.74. The number of anilines is 1. The standard InChI is InChI=1S/C12H18N6O/c1-4-5-14-10-15-11(18-7-6-13-8-18)17-12(16-10)19-9(2)3/h6-9H,4-5H2,1-3H3,(H,14,15,16,17). The van der Waals surface area contributed by atoms with Gasteiger partial charge in [0.15, 0.2) is 0 Å². The fourth-order valence-corrected chi connectivity index (χ4v) is 1.42. The van der Waals surface area contributed by atoms with Crippen molar-refractivity contribution >= 4 is 5.95 Å². The minimum absolute atomic E-state index is 0.0112. The number of nitrogens with one attached hydrogen (secondary N) is 1. The second-order valence-corrected chi connectivity index (χ2v) is 4.30. The highest BCUT2D eigenvalue weighted by Crippen LogP contribution is 2.12. The normalized spacial score (nSPS) is 10.7. The third kappa shape index (κ3) is 3.64. The van der Waals surface area contributed by atoms with E-state index >= 15 is 0 Å². The Kier molecular flexibility index (Phi) is 4.27. The average Bonchev–Trinajstić information content (AvgIpc) is 2.89. The van der Waals surface area contributed by atoms with Crippen LogP contribution < -0.4 is 10.1 Å². The molecule has 0 saturated heterocycles. The molecule has 0 fully saturated rings. The number of hydrogen-bond acceptors (Lipinski definition) is 6. The van der Waals surface area contributed by atoms with Crippen molar-refractivity contribution < 1.29 is 4.74 Å². The number of hydrogen-bond donors (Lipinski definition) is 1. The van der Waals surface area contributed by atoms with Crippen LogP contribution in [0.2, 0.25) is 0 Å². The van der Waals surface area contributed by atoms with Crippen molar-refractivity contribution in [1.29, 1.82) is 0 Å². The van der Waals surface area contributed by atoms with E-state index in [9.17, 15) is 0 Å². The molecule has 1 N–H and O–H groups in total. The van der Waals surface area contributed by atoms with Crippen LogP contribution in [0.15, 0.2) is 18.7 Å². The summed E-state index contributed by atoms with van der Waals surface area (Å²) in [5.41, 5.74) is 0. The van der Waals surface area contributed by atoms with E-state index in [0.717, 1.165) is 13.0 Å². The largest absolute Gasteiger partial charge is 0.461 e. The van der Waals surface area contributed by atoms with E-state index in [1.54, 1.807) is 23.3 Å². The quantitative estimate of drug-likeness (QED) is 0.853. The lowest BCUT2D eigenvalue weighted by atomic mass is 10.5. The van der Waals surface area contributed by atoms with Gasteiger partial charge >= 0.3 is 6.01 Å². The van der Waals surface area contributed by atoms with Crippen LogP contribution in [0.1, 0.15) is 27.2 Å². The predicted molar refractivity (Wildman–Crippen MR) is 71.5 cm³/mol. The van der Waals surface area contributed by atoms with Gasteiger partial charge < -0.3 is 10.1 Å². The lowest BCUT2D eigenvalue weighted by molar-refractivity contribution is 0.221. The third-order valence-electron chi connectivity index (χ3n) is 2.21. The molecule has 0 aliphatic carbocycles. The first-order valence-corrected chi connectivity index (χ1v) is 6.34. The molecule has 0 unspecified atom stereocenters. The molecule has 7 heteroatoms. The van der Waals surface area contributed by atoms with E-state index in [2.05, 4.69) is 32.2 Å². The van der Waals surface area contributed by atoms with Crippen molar-refractivity contribution in [3.05, 3.63) is 18.7 Å². The molecule has 2 aromatic rings. The van der Waals surface area contributed by atoms with Crippen molar-refractivity contribution in [2.24, 2.45) is 0 Å². The van der Waals surface area contributed by atoms with Gasteiger partial charge in [-0.25, -0.2) is 4.98 Å². The molecule has 0 aliphatic heterocycles. The molecule has 0 amide bonds. The average molecular weight is 262 g/mol. The molecule has 0 bridgehead atoms. The highest BCUT2D eigenvalue weighted by atomic mass is 16.5. The third-order valence-corrected chi connectivity index (χ3v) is 2.21. The first-order valence-electron chi connectivity index (χ1n) is 6.34. The first kappa shape index (κ1) is 13.3. The Hall–Kier alpha value is -2.18. The van der Waals surface area contributed by atoms with Crippen LogP contribution in [0.4, 0.5) is 5.95 Å².